The van der Waals surface area contributed by atoms with E-state index in [4.69, 9.17) is 46.4 Å². The Hall–Kier alpha value is -2.67. The fourth-order valence-corrected chi connectivity index (χ4v) is 7.79. The number of alkyl halides is 4. The van der Waals surface area contributed by atoms with Crippen LogP contribution in [-0.2, 0) is 9.84 Å². The number of hydrogen-bond donors (Lipinski definition) is 0. The summed E-state index contributed by atoms with van der Waals surface area (Å²) in [7, 11) is -3.81. The van der Waals surface area contributed by atoms with Gasteiger partial charge >= 0.3 is 0 Å². The molecule has 0 aliphatic carbocycles. The Morgan fingerprint density at radius 2 is 1.14 bits per heavy atom. The van der Waals surface area contributed by atoms with Gasteiger partial charge in [-0.1, -0.05) is 85.0 Å². The molecule has 9 heteroatoms. The van der Waals surface area contributed by atoms with Crippen molar-refractivity contribution in [2.24, 2.45) is 0 Å². The van der Waals surface area contributed by atoms with Gasteiger partial charge in [0.1, 0.15) is 5.25 Å². The summed E-state index contributed by atoms with van der Waals surface area (Å²) >= 11 is 23.9. The monoisotopic (exact) mass is 688 g/mol. The lowest BCUT2D eigenvalue weighted by atomic mass is 10.1. The molecule has 44 heavy (non-hydrogen) atoms. The van der Waals surface area contributed by atoms with Crippen molar-refractivity contribution in [3.8, 4) is 0 Å². The van der Waals surface area contributed by atoms with Gasteiger partial charge in [0.2, 0.25) is 0 Å². The Bertz CT molecular complexity index is 1620. The molecule has 0 aromatic heterocycles. The van der Waals surface area contributed by atoms with Gasteiger partial charge in [-0.05, 0) is 46.8 Å². The van der Waals surface area contributed by atoms with Gasteiger partial charge in [-0.3, -0.25) is 0 Å². The second-order valence-corrected chi connectivity index (χ2v) is 13.6. The Kier molecular flexibility index (Phi) is 13.3. The first-order valence-electron chi connectivity index (χ1n) is 14.4. The van der Waals surface area contributed by atoms with Gasteiger partial charge < -0.3 is 9.80 Å². The Morgan fingerprint density at radius 3 is 1.70 bits per heavy atom. The molecule has 4 aromatic rings. The summed E-state index contributed by atoms with van der Waals surface area (Å²) < 4.78 is 28.6. The van der Waals surface area contributed by atoms with Crippen LogP contribution in [0.4, 0.5) is 11.4 Å². The van der Waals surface area contributed by atoms with E-state index in [2.05, 4.69) is 9.80 Å². The van der Waals surface area contributed by atoms with Crippen LogP contribution in [-0.4, -0.2) is 58.1 Å². The average molecular weight is 691 g/mol. The Morgan fingerprint density at radius 1 is 0.614 bits per heavy atom. The number of sulfone groups is 1. The highest BCUT2D eigenvalue weighted by Gasteiger charge is 2.28. The van der Waals surface area contributed by atoms with Crippen molar-refractivity contribution in [2.45, 2.75) is 10.1 Å². The van der Waals surface area contributed by atoms with Gasteiger partial charge in [-0.25, -0.2) is 8.42 Å². The normalized spacial score (nSPS) is 12.7. The van der Waals surface area contributed by atoms with Crippen LogP contribution in [0.3, 0.4) is 0 Å². The summed E-state index contributed by atoms with van der Waals surface area (Å²) in [5, 5.41) is 0.681. The lowest BCUT2D eigenvalue weighted by Gasteiger charge is -2.24. The third-order valence-electron chi connectivity index (χ3n) is 7.34. The van der Waals surface area contributed by atoms with Crippen molar-refractivity contribution < 1.29 is 8.42 Å². The molecular formula is C35H36Cl4N2O2S. The molecule has 0 bridgehead atoms. The highest BCUT2D eigenvalue weighted by Crippen LogP contribution is 2.35. The van der Waals surface area contributed by atoms with Crippen LogP contribution in [0.1, 0.15) is 16.4 Å². The first kappa shape index (κ1) is 34.2. The van der Waals surface area contributed by atoms with Gasteiger partial charge in [0.25, 0.3) is 0 Å². The first-order chi connectivity index (χ1) is 21.4. The Balaban J connectivity index is 1.66. The predicted molar refractivity (Wildman–Crippen MR) is 192 cm³/mol. The van der Waals surface area contributed by atoms with Crippen molar-refractivity contribution in [3.05, 3.63) is 120 Å². The summed E-state index contributed by atoms with van der Waals surface area (Å²) in [5.74, 6) is 1.98. The molecule has 0 saturated carbocycles. The van der Waals surface area contributed by atoms with Crippen LogP contribution in [0.25, 0.3) is 16.8 Å². The molecule has 232 valence electrons. The standard InChI is InChI=1S/C35H36Cl4N2O2S/c36-20-24-40(25-21-37)31-16-12-28(13-17-31)6-1-4-10-34(30-14-18-32(19-15-30)41(26-22-38)27-23-39)44(42,43)35-11-5-8-29-7-2-3-9-33(29)35/h1-19,34H,20-27H2. The number of hydrogen-bond acceptors (Lipinski definition) is 4. The molecule has 4 nitrogen and oxygen atoms in total. The average Bonchev–Trinajstić information content (AvgIpc) is 3.04. The van der Waals surface area contributed by atoms with E-state index in [1.54, 1.807) is 24.3 Å². The summed E-state index contributed by atoms with van der Waals surface area (Å²) in [5.41, 5.74) is 3.66. The molecule has 0 saturated heterocycles. The first-order valence-corrected chi connectivity index (χ1v) is 18.1. The van der Waals surface area contributed by atoms with E-state index in [0.717, 1.165) is 35.4 Å². The van der Waals surface area contributed by atoms with E-state index in [0.29, 0.717) is 52.5 Å². The number of rotatable bonds is 16. The van der Waals surface area contributed by atoms with E-state index in [-0.39, 0.29) is 0 Å². The maximum Gasteiger partial charge on any atom is 0.189 e. The van der Waals surface area contributed by atoms with Gasteiger partial charge in [0.05, 0.1) is 4.90 Å². The molecule has 1 atom stereocenters. The van der Waals surface area contributed by atoms with Gasteiger partial charge in [-0.15, -0.1) is 46.4 Å². The van der Waals surface area contributed by atoms with E-state index in [1.807, 2.05) is 91.0 Å². The SMILES string of the molecule is O=S(=O)(c1cccc2ccccc12)C(C=CC=Cc1ccc(N(CCCl)CCCl)cc1)c1ccc(N(CCCl)CCCl)cc1. The number of benzene rings is 4. The van der Waals surface area contributed by atoms with Crippen molar-refractivity contribution in [1.29, 1.82) is 0 Å². The lowest BCUT2D eigenvalue weighted by molar-refractivity contribution is 0.591. The van der Waals surface area contributed by atoms with Crippen molar-refractivity contribution in [1.82, 2.24) is 0 Å². The molecule has 0 N–H and O–H groups in total. The molecule has 0 fully saturated rings. The van der Waals surface area contributed by atoms with Gasteiger partial charge in [0.15, 0.2) is 9.84 Å². The lowest BCUT2D eigenvalue weighted by Crippen LogP contribution is -2.27. The minimum atomic E-state index is -3.81. The maximum atomic E-state index is 14.3. The van der Waals surface area contributed by atoms with E-state index in [1.165, 1.54) is 0 Å². The zero-order valence-corrected chi connectivity index (χ0v) is 28.2. The van der Waals surface area contributed by atoms with Crippen LogP contribution >= 0.6 is 46.4 Å². The molecule has 4 rings (SSSR count). The summed E-state index contributed by atoms with van der Waals surface area (Å²) in [6.07, 6.45) is 7.37. The molecule has 0 aliphatic heterocycles. The number of anilines is 2. The van der Waals surface area contributed by atoms with Crippen LogP contribution in [0.2, 0.25) is 0 Å². The number of nitrogens with zero attached hydrogens (tertiary/aromatic N) is 2. The van der Waals surface area contributed by atoms with Gasteiger partial charge in [0, 0.05) is 66.5 Å². The molecule has 0 spiro atoms. The van der Waals surface area contributed by atoms with Crippen LogP contribution in [0.5, 0.6) is 0 Å². The largest absolute Gasteiger partial charge is 0.369 e. The zero-order chi connectivity index (χ0) is 31.4. The summed E-state index contributed by atoms with van der Waals surface area (Å²) in [6, 6.07) is 28.7. The highest BCUT2D eigenvalue weighted by molar-refractivity contribution is 7.92. The smallest absolute Gasteiger partial charge is 0.189 e. The minimum Gasteiger partial charge on any atom is -0.369 e. The fraction of sp³-hybridized carbons (Fsp3) is 0.257. The van der Waals surface area contributed by atoms with Crippen molar-refractivity contribution in [2.75, 3.05) is 59.5 Å². The molecule has 0 amide bonds. The molecule has 0 aliphatic rings. The van der Waals surface area contributed by atoms with Crippen LogP contribution < -0.4 is 9.80 Å². The number of fused-ring (bicyclic) bond motifs is 1. The highest BCUT2D eigenvalue weighted by atomic mass is 35.5. The Labute approximate surface area is 281 Å². The minimum absolute atomic E-state index is 0.304. The maximum absolute atomic E-state index is 14.3. The molecule has 1 unspecified atom stereocenters. The van der Waals surface area contributed by atoms with Crippen molar-refractivity contribution >= 4 is 84.5 Å². The topological polar surface area (TPSA) is 40.6 Å². The molecular weight excluding hydrogens is 654 g/mol. The third-order valence-corrected chi connectivity index (χ3v) is 10.1. The van der Waals surface area contributed by atoms with E-state index < -0.39 is 15.1 Å². The molecule has 4 aromatic carbocycles. The number of halogens is 4. The summed E-state index contributed by atoms with van der Waals surface area (Å²) in [4.78, 5) is 4.54. The van der Waals surface area contributed by atoms with E-state index in [9.17, 15) is 8.42 Å². The van der Waals surface area contributed by atoms with Crippen LogP contribution in [0, 0.1) is 0 Å². The molecule has 0 heterocycles. The van der Waals surface area contributed by atoms with E-state index >= 15 is 0 Å². The predicted octanol–water partition coefficient (Wildman–Crippen LogP) is 9.19. The van der Waals surface area contributed by atoms with Crippen molar-refractivity contribution in [3.63, 3.8) is 0 Å². The zero-order valence-electron chi connectivity index (χ0n) is 24.3. The second kappa shape index (κ2) is 17.1. The third kappa shape index (κ3) is 8.74. The second-order valence-electron chi connectivity index (χ2n) is 10.1. The van der Waals surface area contributed by atoms with Gasteiger partial charge in [-0.2, -0.15) is 0 Å². The van der Waals surface area contributed by atoms with Crippen LogP contribution in [0.15, 0.2) is 114 Å². The number of allylic oxidation sites excluding steroid dienone is 2. The summed E-state index contributed by atoms with van der Waals surface area (Å²) in [6.45, 7) is 2.73. The quantitative estimate of drug-likeness (QED) is 0.0869. The molecule has 0 radical (unpaired) electrons. The fourth-order valence-electron chi connectivity index (χ4n) is 5.13.